The fourth-order valence-corrected chi connectivity index (χ4v) is 1.40. The van der Waals surface area contributed by atoms with E-state index in [1.807, 2.05) is 0 Å². The number of benzene rings is 1. The summed E-state index contributed by atoms with van der Waals surface area (Å²) in [5, 5.41) is 8.63. The first kappa shape index (κ1) is 13.0. The first-order chi connectivity index (χ1) is 7.90. The molecule has 17 heavy (non-hydrogen) atoms. The maximum Gasteiger partial charge on any atom is 0.417 e. The number of alkyl halides is 3. The number of hydrogen-bond acceptors (Lipinski definition) is 3. The van der Waals surface area contributed by atoms with Crippen LogP contribution >= 0.6 is 0 Å². The van der Waals surface area contributed by atoms with Crippen LogP contribution in [0.2, 0.25) is 0 Å². The number of nitrogens with zero attached hydrogens (tertiary/aromatic N) is 1. The minimum Gasteiger partial charge on any atom is -0.469 e. The minimum atomic E-state index is -4.67. The van der Waals surface area contributed by atoms with E-state index >= 15 is 0 Å². The number of methoxy groups -OCH3 is 1. The van der Waals surface area contributed by atoms with Crippen LogP contribution in [0.25, 0.3) is 0 Å². The van der Waals surface area contributed by atoms with Crippen molar-refractivity contribution in [3.63, 3.8) is 0 Å². The molecule has 0 unspecified atom stereocenters. The predicted octanol–water partition coefficient (Wildman–Crippen LogP) is 2.29. The highest BCUT2D eigenvalue weighted by Crippen LogP contribution is 2.34. The van der Waals surface area contributed by atoms with Crippen molar-refractivity contribution in [3.8, 4) is 6.07 Å². The molecule has 0 N–H and O–H groups in total. The summed E-state index contributed by atoms with van der Waals surface area (Å²) in [4.78, 5) is 11.0. The van der Waals surface area contributed by atoms with Gasteiger partial charge in [-0.25, -0.2) is 0 Å². The molecule has 0 radical (unpaired) electrons. The molecule has 0 saturated carbocycles. The van der Waals surface area contributed by atoms with Crippen molar-refractivity contribution in [1.82, 2.24) is 0 Å². The summed E-state index contributed by atoms with van der Waals surface area (Å²) in [6, 6.07) is 4.97. The van der Waals surface area contributed by atoms with Gasteiger partial charge in [-0.15, -0.1) is 0 Å². The number of nitriles is 1. The van der Waals surface area contributed by atoms with Gasteiger partial charge in [0, 0.05) is 0 Å². The van der Waals surface area contributed by atoms with Crippen LogP contribution in [-0.2, 0) is 22.1 Å². The van der Waals surface area contributed by atoms with Crippen molar-refractivity contribution in [2.75, 3.05) is 7.11 Å². The Morgan fingerprint density at radius 1 is 1.47 bits per heavy atom. The van der Waals surface area contributed by atoms with Gasteiger partial charge in [-0.1, -0.05) is 12.1 Å². The number of hydrogen-bond donors (Lipinski definition) is 0. The van der Waals surface area contributed by atoms with E-state index in [1.165, 1.54) is 12.1 Å². The minimum absolute atomic E-state index is 0.261. The first-order valence-corrected chi connectivity index (χ1v) is 4.56. The highest BCUT2D eigenvalue weighted by Gasteiger charge is 2.36. The molecule has 6 heteroatoms. The zero-order valence-corrected chi connectivity index (χ0v) is 8.84. The number of esters is 1. The molecular weight excluding hydrogens is 235 g/mol. The van der Waals surface area contributed by atoms with Gasteiger partial charge in [0.2, 0.25) is 0 Å². The molecule has 0 amide bonds. The molecular formula is C11H8F3NO2. The van der Waals surface area contributed by atoms with Crippen LogP contribution in [0.3, 0.4) is 0 Å². The molecule has 3 nitrogen and oxygen atoms in total. The predicted molar refractivity (Wildman–Crippen MR) is 51.9 cm³/mol. The summed E-state index contributed by atoms with van der Waals surface area (Å²) >= 11 is 0. The van der Waals surface area contributed by atoms with E-state index in [0.717, 1.165) is 19.2 Å². The molecule has 0 fully saturated rings. The lowest BCUT2D eigenvalue weighted by atomic mass is 9.99. The third-order valence-corrected chi connectivity index (χ3v) is 2.12. The van der Waals surface area contributed by atoms with Gasteiger partial charge >= 0.3 is 12.1 Å². The van der Waals surface area contributed by atoms with E-state index in [9.17, 15) is 18.0 Å². The molecule has 0 aliphatic rings. The van der Waals surface area contributed by atoms with Gasteiger partial charge < -0.3 is 4.74 Å². The van der Waals surface area contributed by atoms with Crippen LogP contribution in [-0.4, -0.2) is 13.1 Å². The van der Waals surface area contributed by atoms with Crippen molar-refractivity contribution in [1.29, 1.82) is 5.26 Å². The van der Waals surface area contributed by atoms with E-state index in [2.05, 4.69) is 4.74 Å². The first-order valence-electron chi connectivity index (χ1n) is 4.56. The molecule has 0 saturated heterocycles. The number of carbonyl (C=O) groups excluding carboxylic acids is 1. The molecule has 1 aromatic carbocycles. The molecule has 0 bridgehead atoms. The van der Waals surface area contributed by atoms with Crippen molar-refractivity contribution in [3.05, 3.63) is 34.9 Å². The van der Waals surface area contributed by atoms with Crippen LogP contribution < -0.4 is 0 Å². The standard InChI is InChI=1S/C11H8F3NO2/c1-17-9(16)5-7-3-2-4-8(6-15)10(7)11(12,13)14/h2-4H,5H2,1H3. The lowest BCUT2D eigenvalue weighted by molar-refractivity contribution is -0.141. The quantitative estimate of drug-likeness (QED) is 0.749. The fourth-order valence-electron chi connectivity index (χ4n) is 1.40. The molecule has 0 aromatic heterocycles. The zero-order valence-electron chi connectivity index (χ0n) is 8.84. The highest BCUT2D eigenvalue weighted by molar-refractivity contribution is 5.73. The van der Waals surface area contributed by atoms with Gasteiger partial charge in [0.05, 0.1) is 30.7 Å². The smallest absolute Gasteiger partial charge is 0.417 e. The molecule has 90 valence electrons. The van der Waals surface area contributed by atoms with Gasteiger partial charge in [-0.05, 0) is 11.6 Å². The number of halogens is 3. The van der Waals surface area contributed by atoms with Crippen LogP contribution in [0.1, 0.15) is 16.7 Å². The van der Waals surface area contributed by atoms with Gasteiger partial charge in [-0.2, -0.15) is 18.4 Å². The number of carbonyl (C=O) groups is 1. The Balaban J connectivity index is 3.31. The summed E-state index contributed by atoms with van der Waals surface area (Å²) in [7, 11) is 1.09. The van der Waals surface area contributed by atoms with E-state index in [0.29, 0.717) is 0 Å². The van der Waals surface area contributed by atoms with Gasteiger partial charge in [-0.3, -0.25) is 4.79 Å². The summed E-state index contributed by atoms with van der Waals surface area (Å²) in [5.41, 5.74) is -1.84. The van der Waals surface area contributed by atoms with E-state index < -0.39 is 29.7 Å². The molecule has 1 aromatic rings. The van der Waals surface area contributed by atoms with Crippen molar-refractivity contribution >= 4 is 5.97 Å². The third-order valence-electron chi connectivity index (χ3n) is 2.12. The van der Waals surface area contributed by atoms with Crippen LogP contribution in [0.15, 0.2) is 18.2 Å². The van der Waals surface area contributed by atoms with Crippen molar-refractivity contribution < 1.29 is 22.7 Å². The fraction of sp³-hybridized carbons (Fsp3) is 0.273. The molecule has 0 aliphatic carbocycles. The van der Waals surface area contributed by atoms with Crippen LogP contribution in [0.5, 0.6) is 0 Å². The molecule has 0 heterocycles. The Morgan fingerprint density at radius 3 is 2.59 bits per heavy atom. The highest BCUT2D eigenvalue weighted by atomic mass is 19.4. The van der Waals surface area contributed by atoms with E-state index in [-0.39, 0.29) is 5.56 Å². The molecule has 0 aliphatic heterocycles. The summed E-state index contributed by atoms with van der Waals surface area (Å²) < 4.78 is 42.5. The Hall–Kier alpha value is -2.03. The maximum atomic E-state index is 12.7. The Labute approximate surface area is 95.4 Å². The molecule has 1 rings (SSSR count). The summed E-state index contributed by atoms with van der Waals surface area (Å²) in [6.45, 7) is 0. The topological polar surface area (TPSA) is 50.1 Å². The van der Waals surface area contributed by atoms with Gasteiger partial charge in [0.15, 0.2) is 0 Å². The van der Waals surface area contributed by atoms with Crippen molar-refractivity contribution in [2.45, 2.75) is 12.6 Å². The largest absolute Gasteiger partial charge is 0.469 e. The van der Waals surface area contributed by atoms with Crippen LogP contribution in [0.4, 0.5) is 13.2 Å². The van der Waals surface area contributed by atoms with Crippen LogP contribution in [0, 0.1) is 11.3 Å². The zero-order chi connectivity index (χ0) is 13.1. The normalized spacial score (nSPS) is 10.8. The Morgan fingerprint density at radius 2 is 2.12 bits per heavy atom. The Bertz CT molecular complexity index is 475. The van der Waals surface area contributed by atoms with Crippen molar-refractivity contribution in [2.24, 2.45) is 0 Å². The van der Waals surface area contributed by atoms with Gasteiger partial charge in [0.25, 0.3) is 0 Å². The molecule has 0 spiro atoms. The number of rotatable bonds is 2. The second-order valence-electron chi connectivity index (χ2n) is 3.20. The lowest BCUT2D eigenvalue weighted by Crippen LogP contribution is -2.15. The average molecular weight is 243 g/mol. The number of ether oxygens (including phenoxy) is 1. The average Bonchev–Trinajstić information content (AvgIpc) is 2.26. The monoisotopic (exact) mass is 243 g/mol. The second kappa shape index (κ2) is 4.87. The SMILES string of the molecule is COC(=O)Cc1cccc(C#N)c1C(F)(F)F. The van der Waals surface area contributed by atoms with E-state index in [1.54, 1.807) is 0 Å². The van der Waals surface area contributed by atoms with E-state index in [4.69, 9.17) is 5.26 Å². The van der Waals surface area contributed by atoms with Gasteiger partial charge in [0.1, 0.15) is 0 Å². The summed E-state index contributed by atoms with van der Waals surface area (Å²) in [5.74, 6) is -0.786. The Kier molecular flexibility index (Phi) is 3.73. The maximum absolute atomic E-state index is 12.7. The second-order valence-corrected chi connectivity index (χ2v) is 3.20. The summed E-state index contributed by atoms with van der Waals surface area (Å²) in [6.07, 6.45) is -5.18. The lowest BCUT2D eigenvalue weighted by Gasteiger charge is -2.13. The molecule has 0 atom stereocenters. The third kappa shape index (κ3) is 2.97.